The maximum absolute atomic E-state index is 12.3. The summed E-state index contributed by atoms with van der Waals surface area (Å²) in [5, 5.41) is 0. The molecule has 0 unspecified atom stereocenters. The molecule has 0 bridgehead atoms. The van der Waals surface area contributed by atoms with E-state index >= 15 is 0 Å². The number of hydrogen-bond acceptors (Lipinski definition) is 4. The van der Waals surface area contributed by atoms with Gasteiger partial charge < -0.3 is 9.30 Å². The molecule has 0 spiro atoms. The first kappa shape index (κ1) is 16.7. The molecule has 0 radical (unpaired) electrons. The van der Waals surface area contributed by atoms with Crippen LogP contribution in [-0.2, 0) is 23.2 Å². The minimum atomic E-state index is -0.535. The summed E-state index contributed by atoms with van der Waals surface area (Å²) < 4.78 is 6.73. The summed E-state index contributed by atoms with van der Waals surface area (Å²) in [6, 6.07) is 12.4. The molecule has 2 aromatic rings. The van der Waals surface area contributed by atoms with Crippen LogP contribution in [0.4, 0.5) is 4.79 Å². The number of rotatable bonds is 3. The van der Waals surface area contributed by atoms with Crippen molar-refractivity contribution in [2.75, 3.05) is 13.1 Å². The first-order chi connectivity index (χ1) is 12.0. The van der Waals surface area contributed by atoms with E-state index < -0.39 is 6.09 Å². The summed E-state index contributed by atoms with van der Waals surface area (Å²) in [6.45, 7) is 0.406. The lowest BCUT2D eigenvalue weighted by Crippen LogP contribution is -2.39. The minimum Gasteiger partial charge on any atom is -0.445 e. The average Bonchev–Trinajstić information content (AvgIpc) is 2.62. The highest BCUT2D eigenvalue weighted by atomic mass is 16.6. The zero-order valence-corrected chi connectivity index (χ0v) is 13.8. The predicted molar refractivity (Wildman–Crippen MR) is 92.9 cm³/mol. The van der Waals surface area contributed by atoms with Gasteiger partial charge in [-0.3, -0.25) is 14.5 Å². The minimum absolute atomic E-state index is 0.0110. The molecule has 0 atom stereocenters. The summed E-state index contributed by atoms with van der Waals surface area (Å²) in [5.41, 5.74) is 2.16. The molecule has 6 heteroatoms. The lowest BCUT2D eigenvalue weighted by atomic mass is 10.0. The second-order valence-electron chi connectivity index (χ2n) is 5.90. The van der Waals surface area contributed by atoms with Crippen LogP contribution in [0, 0.1) is 0 Å². The van der Waals surface area contributed by atoms with E-state index in [1.54, 1.807) is 19.3 Å². The van der Waals surface area contributed by atoms with Gasteiger partial charge in [0, 0.05) is 19.3 Å². The Balaban J connectivity index is 1.70. The molecule has 6 nitrogen and oxygen atoms in total. The Morgan fingerprint density at radius 3 is 2.56 bits per heavy atom. The van der Waals surface area contributed by atoms with E-state index in [9.17, 15) is 14.4 Å². The largest absolute Gasteiger partial charge is 0.445 e. The Labute approximate surface area is 145 Å². The molecule has 1 aromatic heterocycles. The number of carbonyl (C=O) groups excluding carboxylic acids is 2. The van der Waals surface area contributed by atoms with Gasteiger partial charge in [-0.2, -0.15) is 0 Å². The number of nitrogens with zero attached hydrogens (tertiary/aromatic N) is 2. The average molecular weight is 338 g/mol. The third kappa shape index (κ3) is 4.03. The standard InChI is InChI=1S/C19H18N2O4/c1-20-10-15(7-8-18(20)23)16-9-17(22)12-21(11-16)19(24)25-13-14-5-3-2-4-6-14/h2-10H,11-13H2,1H3. The highest BCUT2D eigenvalue weighted by molar-refractivity contribution is 6.02. The summed E-state index contributed by atoms with van der Waals surface area (Å²) >= 11 is 0. The van der Waals surface area contributed by atoms with Gasteiger partial charge in [-0.1, -0.05) is 30.3 Å². The molecule has 1 aliphatic rings. The van der Waals surface area contributed by atoms with E-state index in [4.69, 9.17) is 4.74 Å². The molecular weight excluding hydrogens is 320 g/mol. The van der Waals surface area contributed by atoms with Crippen LogP contribution in [0.3, 0.4) is 0 Å². The number of aromatic nitrogens is 1. The fourth-order valence-electron chi connectivity index (χ4n) is 2.63. The Hall–Kier alpha value is -3.15. The van der Waals surface area contributed by atoms with Crippen molar-refractivity contribution in [1.29, 1.82) is 0 Å². The Morgan fingerprint density at radius 1 is 1.08 bits per heavy atom. The van der Waals surface area contributed by atoms with E-state index in [1.165, 1.54) is 21.6 Å². The van der Waals surface area contributed by atoms with Crippen molar-refractivity contribution >= 4 is 17.4 Å². The monoisotopic (exact) mass is 338 g/mol. The highest BCUT2D eigenvalue weighted by Gasteiger charge is 2.24. The van der Waals surface area contributed by atoms with Crippen molar-refractivity contribution < 1.29 is 14.3 Å². The van der Waals surface area contributed by atoms with E-state index in [-0.39, 0.29) is 31.0 Å². The molecular formula is C19H18N2O4. The molecule has 0 aliphatic carbocycles. The van der Waals surface area contributed by atoms with Crippen molar-refractivity contribution in [3.63, 3.8) is 0 Å². The van der Waals surface area contributed by atoms with E-state index in [0.717, 1.165) is 11.1 Å². The molecule has 2 heterocycles. The number of ketones is 1. The van der Waals surface area contributed by atoms with Crippen molar-refractivity contribution in [3.8, 4) is 0 Å². The molecule has 0 saturated carbocycles. The van der Waals surface area contributed by atoms with Gasteiger partial charge in [-0.05, 0) is 28.8 Å². The van der Waals surface area contributed by atoms with Gasteiger partial charge in [0.25, 0.3) is 0 Å². The van der Waals surface area contributed by atoms with Gasteiger partial charge in [0.1, 0.15) is 6.61 Å². The van der Waals surface area contributed by atoms with Crippen molar-refractivity contribution in [2.45, 2.75) is 6.61 Å². The maximum atomic E-state index is 12.3. The molecule has 25 heavy (non-hydrogen) atoms. The number of ether oxygens (including phenoxy) is 1. The smallest absolute Gasteiger partial charge is 0.410 e. The predicted octanol–water partition coefficient (Wildman–Crippen LogP) is 1.99. The number of aryl methyl sites for hydroxylation is 1. The number of hydrogen-bond donors (Lipinski definition) is 0. The normalized spacial score (nSPS) is 14.2. The van der Waals surface area contributed by atoms with Crippen LogP contribution in [0.5, 0.6) is 0 Å². The molecule has 1 aromatic carbocycles. The Bertz CT molecular complexity index is 884. The fraction of sp³-hybridized carbons (Fsp3) is 0.211. The Kier molecular flexibility index (Phi) is 4.79. The van der Waals surface area contributed by atoms with E-state index in [2.05, 4.69) is 0 Å². The second kappa shape index (κ2) is 7.17. The topological polar surface area (TPSA) is 68.6 Å². The van der Waals surface area contributed by atoms with Gasteiger partial charge >= 0.3 is 6.09 Å². The summed E-state index contributed by atoms with van der Waals surface area (Å²) in [6.07, 6.45) is 2.63. The zero-order chi connectivity index (χ0) is 17.8. The van der Waals surface area contributed by atoms with Gasteiger partial charge in [-0.15, -0.1) is 0 Å². The van der Waals surface area contributed by atoms with E-state index in [0.29, 0.717) is 5.57 Å². The summed E-state index contributed by atoms with van der Waals surface area (Å²) in [5.74, 6) is -0.174. The van der Waals surface area contributed by atoms with Gasteiger partial charge in [-0.25, -0.2) is 4.79 Å². The van der Waals surface area contributed by atoms with Crippen molar-refractivity contribution in [3.05, 3.63) is 76.2 Å². The highest BCUT2D eigenvalue weighted by Crippen LogP contribution is 2.19. The number of pyridine rings is 1. The summed E-state index contributed by atoms with van der Waals surface area (Å²) in [7, 11) is 1.64. The molecule has 1 aliphatic heterocycles. The lowest BCUT2D eigenvalue weighted by Gasteiger charge is -2.26. The van der Waals surface area contributed by atoms with Crippen LogP contribution in [0.1, 0.15) is 11.1 Å². The second-order valence-corrected chi connectivity index (χ2v) is 5.90. The fourth-order valence-corrected chi connectivity index (χ4v) is 2.63. The molecule has 0 N–H and O–H groups in total. The number of benzene rings is 1. The third-order valence-electron chi connectivity index (χ3n) is 3.96. The Morgan fingerprint density at radius 2 is 1.84 bits per heavy atom. The third-order valence-corrected chi connectivity index (χ3v) is 3.96. The molecule has 1 amide bonds. The van der Waals surface area contributed by atoms with Gasteiger partial charge in [0.05, 0.1) is 13.1 Å². The van der Waals surface area contributed by atoms with E-state index in [1.807, 2.05) is 30.3 Å². The molecule has 128 valence electrons. The van der Waals surface area contributed by atoms with Crippen LogP contribution in [-0.4, -0.2) is 34.4 Å². The SMILES string of the molecule is Cn1cc(C2=CC(=O)CN(C(=O)OCc3ccccc3)C2)ccc1=O. The van der Waals surface area contributed by atoms with Crippen LogP contribution in [0.15, 0.2) is 59.5 Å². The summed E-state index contributed by atoms with van der Waals surface area (Å²) in [4.78, 5) is 37.1. The van der Waals surface area contributed by atoms with Gasteiger partial charge in [0.2, 0.25) is 5.56 Å². The lowest BCUT2D eigenvalue weighted by molar-refractivity contribution is -0.115. The zero-order valence-electron chi connectivity index (χ0n) is 13.8. The maximum Gasteiger partial charge on any atom is 0.410 e. The van der Waals surface area contributed by atoms with Crippen molar-refractivity contribution in [2.24, 2.45) is 7.05 Å². The molecule has 0 fully saturated rings. The van der Waals surface area contributed by atoms with Crippen LogP contribution >= 0.6 is 0 Å². The molecule has 3 rings (SSSR count). The van der Waals surface area contributed by atoms with Crippen LogP contribution in [0.2, 0.25) is 0 Å². The van der Waals surface area contributed by atoms with Crippen molar-refractivity contribution in [1.82, 2.24) is 9.47 Å². The first-order valence-electron chi connectivity index (χ1n) is 7.89. The van der Waals surface area contributed by atoms with Crippen LogP contribution < -0.4 is 5.56 Å². The quantitative estimate of drug-likeness (QED) is 0.858. The number of carbonyl (C=O) groups is 2. The first-order valence-corrected chi connectivity index (χ1v) is 7.89. The van der Waals surface area contributed by atoms with Gasteiger partial charge in [0.15, 0.2) is 5.78 Å². The molecule has 0 saturated heterocycles. The van der Waals surface area contributed by atoms with Crippen LogP contribution in [0.25, 0.3) is 5.57 Å². The number of amides is 1.